The van der Waals surface area contributed by atoms with E-state index in [1.54, 1.807) is 24.3 Å². The Labute approximate surface area is 154 Å². The van der Waals surface area contributed by atoms with Gasteiger partial charge in [-0.1, -0.05) is 25.1 Å². The van der Waals surface area contributed by atoms with Gasteiger partial charge in [-0.15, -0.1) is 0 Å². The lowest BCUT2D eigenvalue weighted by molar-refractivity contribution is 0.249. The summed E-state index contributed by atoms with van der Waals surface area (Å²) in [6.07, 6.45) is 1.17. The summed E-state index contributed by atoms with van der Waals surface area (Å²) < 4.78 is 25.0. The third-order valence-electron chi connectivity index (χ3n) is 3.88. The average Bonchev–Trinajstić information content (AvgIpc) is 2.83. The molecule has 0 bridgehead atoms. The van der Waals surface area contributed by atoms with Crippen LogP contribution in [0.3, 0.4) is 0 Å². The molecule has 2 amide bonds. The fraction of sp³-hybridized carbons (Fsp3) is 0.444. The summed E-state index contributed by atoms with van der Waals surface area (Å²) in [7, 11) is -3.18. The van der Waals surface area contributed by atoms with E-state index >= 15 is 0 Å². The van der Waals surface area contributed by atoms with Crippen LogP contribution in [-0.4, -0.2) is 37.0 Å². The van der Waals surface area contributed by atoms with E-state index in [4.69, 9.17) is 0 Å². The van der Waals surface area contributed by atoms with Crippen LogP contribution >= 0.6 is 0 Å². The third kappa shape index (κ3) is 6.18. The highest BCUT2D eigenvalue weighted by atomic mass is 32.2. The van der Waals surface area contributed by atoms with Crippen LogP contribution in [0.2, 0.25) is 0 Å². The van der Waals surface area contributed by atoms with E-state index in [0.29, 0.717) is 24.3 Å². The molecule has 0 aliphatic rings. The first-order valence-electron chi connectivity index (χ1n) is 8.45. The fourth-order valence-electron chi connectivity index (χ4n) is 2.70. The predicted molar refractivity (Wildman–Crippen MR) is 103 cm³/mol. The first-order chi connectivity index (χ1) is 12.1. The summed E-state index contributed by atoms with van der Waals surface area (Å²) in [4.78, 5) is 12.2. The average molecular weight is 378 g/mol. The van der Waals surface area contributed by atoms with Gasteiger partial charge in [-0.05, 0) is 37.5 Å². The van der Waals surface area contributed by atoms with E-state index in [-0.39, 0.29) is 17.7 Å². The molecular formula is C18H26N4O3S. The number of hydrogen-bond donors (Lipinski definition) is 2. The Morgan fingerprint density at radius 2 is 1.96 bits per heavy atom. The molecule has 0 saturated heterocycles. The number of nitrogens with zero attached hydrogens (tertiary/aromatic N) is 2. The number of benzene rings is 1. The first kappa shape index (κ1) is 20.0. The van der Waals surface area contributed by atoms with Crippen LogP contribution < -0.4 is 10.6 Å². The van der Waals surface area contributed by atoms with Gasteiger partial charge >= 0.3 is 6.03 Å². The molecule has 2 N–H and O–H groups in total. The van der Waals surface area contributed by atoms with Gasteiger partial charge in [-0.2, -0.15) is 5.10 Å². The zero-order chi connectivity index (χ0) is 19.3. The smallest absolute Gasteiger partial charge is 0.319 e. The molecule has 1 aromatic carbocycles. The molecule has 0 saturated carbocycles. The topological polar surface area (TPSA) is 93.1 Å². The SMILES string of the molecule is Cc1cc(C)n(CC(C)CNC(=O)Nc2ccccc2CS(C)(=O)=O)n1. The van der Waals surface area contributed by atoms with Gasteiger partial charge in [-0.3, -0.25) is 4.68 Å². The lowest BCUT2D eigenvalue weighted by Gasteiger charge is -2.15. The zero-order valence-electron chi connectivity index (χ0n) is 15.6. The number of urea groups is 1. The molecule has 2 aromatic rings. The molecular weight excluding hydrogens is 352 g/mol. The van der Waals surface area contributed by atoms with Gasteiger partial charge in [0.05, 0.1) is 11.4 Å². The van der Waals surface area contributed by atoms with Crippen LogP contribution in [0.1, 0.15) is 23.9 Å². The van der Waals surface area contributed by atoms with Gasteiger partial charge in [0, 0.05) is 30.7 Å². The van der Waals surface area contributed by atoms with Crippen LogP contribution in [0.5, 0.6) is 0 Å². The maximum atomic E-state index is 12.2. The largest absolute Gasteiger partial charge is 0.338 e. The second kappa shape index (κ2) is 8.35. The lowest BCUT2D eigenvalue weighted by atomic mass is 10.2. The summed E-state index contributed by atoms with van der Waals surface area (Å²) in [6.45, 7) is 7.19. The quantitative estimate of drug-likeness (QED) is 0.774. The first-order valence-corrected chi connectivity index (χ1v) is 10.5. The van der Waals surface area contributed by atoms with E-state index in [1.807, 2.05) is 31.5 Å². The van der Waals surface area contributed by atoms with E-state index in [0.717, 1.165) is 11.4 Å². The Morgan fingerprint density at radius 1 is 1.27 bits per heavy atom. The number of anilines is 1. The van der Waals surface area contributed by atoms with Crippen molar-refractivity contribution < 1.29 is 13.2 Å². The number of rotatable bonds is 7. The van der Waals surface area contributed by atoms with Gasteiger partial charge in [0.15, 0.2) is 9.84 Å². The van der Waals surface area contributed by atoms with Gasteiger partial charge in [0.2, 0.25) is 0 Å². The summed E-state index contributed by atoms with van der Waals surface area (Å²) in [5, 5.41) is 9.98. The Kier molecular flexibility index (Phi) is 6.42. The van der Waals surface area contributed by atoms with Crippen molar-refractivity contribution in [2.45, 2.75) is 33.1 Å². The molecule has 2 rings (SSSR count). The monoisotopic (exact) mass is 378 g/mol. The number of aromatic nitrogens is 2. The Hall–Kier alpha value is -2.35. The Bertz CT molecular complexity index is 874. The van der Waals surface area contributed by atoms with Crippen LogP contribution in [0.15, 0.2) is 30.3 Å². The maximum absolute atomic E-state index is 12.2. The van der Waals surface area contributed by atoms with Gasteiger partial charge < -0.3 is 10.6 Å². The molecule has 0 fully saturated rings. The number of amides is 2. The predicted octanol–water partition coefficient (Wildman–Crippen LogP) is 2.50. The molecule has 1 aromatic heterocycles. The van der Waals surface area contributed by atoms with E-state index in [1.165, 1.54) is 6.26 Å². The Morgan fingerprint density at radius 3 is 2.58 bits per heavy atom. The summed E-state index contributed by atoms with van der Waals surface area (Å²) in [5.74, 6) is 0.0858. The van der Waals surface area contributed by atoms with Crippen LogP contribution in [0.25, 0.3) is 0 Å². The van der Waals surface area contributed by atoms with E-state index < -0.39 is 9.84 Å². The Balaban J connectivity index is 1.90. The second-order valence-corrected chi connectivity index (χ2v) is 8.92. The van der Waals surface area contributed by atoms with Gasteiger partial charge in [0.25, 0.3) is 0 Å². The molecule has 0 aliphatic carbocycles. The van der Waals surface area contributed by atoms with Gasteiger partial charge in [-0.25, -0.2) is 13.2 Å². The molecule has 1 heterocycles. The summed E-state index contributed by atoms with van der Waals surface area (Å²) in [6, 6.07) is 8.56. The minimum absolute atomic E-state index is 0.113. The number of carbonyl (C=O) groups is 1. The van der Waals surface area contributed by atoms with Crippen LogP contribution in [-0.2, 0) is 22.1 Å². The van der Waals surface area contributed by atoms with Crippen molar-refractivity contribution in [3.8, 4) is 0 Å². The van der Waals surface area contributed by atoms with Crippen molar-refractivity contribution in [2.75, 3.05) is 18.1 Å². The minimum Gasteiger partial charge on any atom is -0.338 e. The summed E-state index contributed by atoms with van der Waals surface area (Å²) in [5.41, 5.74) is 3.14. The normalized spacial score (nSPS) is 12.6. The standard InChI is InChI=1S/C18H26N4O3S/c1-13(11-22-15(3)9-14(2)21-22)10-19-18(23)20-17-8-6-5-7-16(17)12-26(4,24)25/h5-9,13H,10-12H2,1-4H3,(H2,19,20,23). The highest BCUT2D eigenvalue weighted by Gasteiger charge is 2.12. The number of sulfone groups is 1. The molecule has 0 spiro atoms. The second-order valence-electron chi connectivity index (χ2n) is 6.78. The van der Waals surface area contributed by atoms with Crippen molar-refractivity contribution in [2.24, 2.45) is 5.92 Å². The van der Waals surface area contributed by atoms with Crippen molar-refractivity contribution in [3.05, 3.63) is 47.3 Å². The molecule has 0 aliphatic heterocycles. The van der Waals surface area contributed by atoms with Crippen molar-refractivity contribution in [1.82, 2.24) is 15.1 Å². The van der Waals surface area contributed by atoms with Crippen LogP contribution in [0, 0.1) is 19.8 Å². The number of para-hydroxylation sites is 1. The number of nitrogens with one attached hydrogen (secondary N) is 2. The number of hydrogen-bond acceptors (Lipinski definition) is 4. The fourth-order valence-corrected chi connectivity index (χ4v) is 3.52. The molecule has 1 unspecified atom stereocenters. The highest BCUT2D eigenvalue weighted by Crippen LogP contribution is 2.17. The lowest BCUT2D eigenvalue weighted by Crippen LogP contribution is -2.34. The third-order valence-corrected chi connectivity index (χ3v) is 4.72. The summed E-state index contributed by atoms with van der Waals surface area (Å²) >= 11 is 0. The van der Waals surface area contributed by atoms with Gasteiger partial charge in [0.1, 0.15) is 0 Å². The maximum Gasteiger partial charge on any atom is 0.319 e. The molecule has 142 valence electrons. The van der Waals surface area contributed by atoms with Crippen molar-refractivity contribution >= 4 is 21.6 Å². The van der Waals surface area contributed by atoms with Crippen LogP contribution in [0.4, 0.5) is 10.5 Å². The highest BCUT2D eigenvalue weighted by molar-refractivity contribution is 7.89. The minimum atomic E-state index is -3.18. The van der Waals surface area contributed by atoms with E-state index in [9.17, 15) is 13.2 Å². The van der Waals surface area contributed by atoms with Crippen molar-refractivity contribution in [1.29, 1.82) is 0 Å². The molecule has 0 radical (unpaired) electrons. The molecule has 1 atom stereocenters. The van der Waals surface area contributed by atoms with Crippen molar-refractivity contribution in [3.63, 3.8) is 0 Å². The molecule has 26 heavy (non-hydrogen) atoms. The number of aryl methyl sites for hydroxylation is 2. The molecule has 8 heteroatoms. The van der Waals surface area contributed by atoms with E-state index in [2.05, 4.69) is 15.7 Å². The number of carbonyl (C=O) groups excluding carboxylic acids is 1. The zero-order valence-corrected chi connectivity index (χ0v) is 16.4. The molecule has 7 nitrogen and oxygen atoms in total.